The number of aryl methyl sites for hydroxylation is 2. The SMILES string of the molecule is Cc1ccc(S(=O)(=O)Nc2ccc(N3CCOCC3)c(C(=O)O)c2)cc1C. The van der Waals surface area contributed by atoms with Gasteiger partial charge in [0.2, 0.25) is 0 Å². The van der Waals surface area contributed by atoms with Crippen molar-refractivity contribution >= 4 is 27.4 Å². The van der Waals surface area contributed by atoms with Gasteiger partial charge in [-0.1, -0.05) is 6.07 Å². The zero-order chi connectivity index (χ0) is 19.6. The van der Waals surface area contributed by atoms with Gasteiger partial charge in [-0.05, 0) is 55.3 Å². The Bertz CT molecular complexity index is 966. The minimum Gasteiger partial charge on any atom is -0.478 e. The third-order valence-electron chi connectivity index (χ3n) is 4.62. The quantitative estimate of drug-likeness (QED) is 0.815. The van der Waals surface area contributed by atoms with Crippen LogP contribution in [0.3, 0.4) is 0 Å². The van der Waals surface area contributed by atoms with Crippen molar-refractivity contribution in [1.82, 2.24) is 0 Å². The molecule has 0 bridgehead atoms. The summed E-state index contributed by atoms with van der Waals surface area (Å²) >= 11 is 0. The number of carbonyl (C=O) groups is 1. The first-order valence-corrected chi connectivity index (χ1v) is 10.1. The molecule has 1 aliphatic rings. The fraction of sp³-hybridized carbons (Fsp3) is 0.316. The van der Waals surface area contributed by atoms with Gasteiger partial charge in [0.15, 0.2) is 0 Å². The molecule has 1 aliphatic heterocycles. The van der Waals surface area contributed by atoms with Crippen LogP contribution in [0.25, 0.3) is 0 Å². The van der Waals surface area contributed by atoms with Gasteiger partial charge < -0.3 is 14.7 Å². The molecule has 2 aromatic rings. The Morgan fingerprint density at radius 2 is 1.78 bits per heavy atom. The first kappa shape index (κ1) is 19.2. The van der Waals surface area contributed by atoms with E-state index in [1.165, 1.54) is 12.1 Å². The van der Waals surface area contributed by atoms with Gasteiger partial charge in [-0.2, -0.15) is 0 Å². The van der Waals surface area contributed by atoms with E-state index in [-0.39, 0.29) is 16.1 Å². The normalized spacial score (nSPS) is 14.8. The van der Waals surface area contributed by atoms with E-state index in [1.807, 2.05) is 18.7 Å². The average molecular weight is 390 g/mol. The lowest BCUT2D eigenvalue weighted by Gasteiger charge is -2.30. The second-order valence-corrected chi connectivity index (χ2v) is 8.17. The van der Waals surface area contributed by atoms with Crippen molar-refractivity contribution in [2.45, 2.75) is 18.7 Å². The third kappa shape index (κ3) is 4.23. The van der Waals surface area contributed by atoms with Crippen LogP contribution in [0.15, 0.2) is 41.3 Å². The predicted octanol–water partition coefficient (Wildman–Crippen LogP) is 2.64. The van der Waals surface area contributed by atoms with Crippen molar-refractivity contribution in [3.05, 3.63) is 53.1 Å². The first-order valence-electron chi connectivity index (χ1n) is 8.58. The highest BCUT2D eigenvalue weighted by atomic mass is 32.2. The minimum atomic E-state index is -3.81. The number of hydrogen-bond donors (Lipinski definition) is 2. The maximum Gasteiger partial charge on any atom is 0.337 e. The highest BCUT2D eigenvalue weighted by Crippen LogP contribution is 2.27. The van der Waals surface area contributed by atoms with Crippen LogP contribution in [0.2, 0.25) is 0 Å². The highest BCUT2D eigenvalue weighted by Gasteiger charge is 2.21. The zero-order valence-electron chi connectivity index (χ0n) is 15.2. The van der Waals surface area contributed by atoms with E-state index in [4.69, 9.17) is 4.74 Å². The maximum absolute atomic E-state index is 12.6. The van der Waals surface area contributed by atoms with Crippen molar-refractivity contribution in [3.8, 4) is 0 Å². The van der Waals surface area contributed by atoms with Crippen molar-refractivity contribution in [2.24, 2.45) is 0 Å². The Morgan fingerprint density at radius 3 is 2.41 bits per heavy atom. The summed E-state index contributed by atoms with van der Waals surface area (Å²) in [7, 11) is -3.81. The smallest absolute Gasteiger partial charge is 0.337 e. The summed E-state index contributed by atoms with van der Waals surface area (Å²) in [5.74, 6) is -1.11. The van der Waals surface area contributed by atoms with E-state index in [0.717, 1.165) is 11.1 Å². The lowest BCUT2D eigenvalue weighted by atomic mass is 10.1. The number of rotatable bonds is 5. The number of nitrogens with one attached hydrogen (secondary N) is 1. The molecule has 0 unspecified atom stereocenters. The molecule has 0 atom stereocenters. The summed E-state index contributed by atoms with van der Waals surface area (Å²) in [4.78, 5) is 13.8. The van der Waals surface area contributed by atoms with Crippen LogP contribution in [0, 0.1) is 13.8 Å². The van der Waals surface area contributed by atoms with Gasteiger partial charge >= 0.3 is 5.97 Å². The number of carboxylic acid groups (broad SMARTS) is 1. The van der Waals surface area contributed by atoms with Crippen molar-refractivity contribution in [3.63, 3.8) is 0 Å². The van der Waals surface area contributed by atoms with Gasteiger partial charge in [-0.15, -0.1) is 0 Å². The molecule has 7 nitrogen and oxygen atoms in total. The Balaban J connectivity index is 1.91. The van der Waals surface area contributed by atoms with E-state index < -0.39 is 16.0 Å². The van der Waals surface area contributed by atoms with Gasteiger partial charge in [0.25, 0.3) is 10.0 Å². The second kappa shape index (κ2) is 7.58. The number of hydrogen-bond acceptors (Lipinski definition) is 5. The monoisotopic (exact) mass is 390 g/mol. The Kier molecular flexibility index (Phi) is 5.38. The molecule has 1 heterocycles. The summed E-state index contributed by atoms with van der Waals surface area (Å²) in [5, 5.41) is 9.57. The van der Waals surface area contributed by atoms with Crippen LogP contribution >= 0.6 is 0 Å². The molecular formula is C19H22N2O5S. The molecule has 1 saturated heterocycles. The van der Waals surface area contributed by atoms with Gasteiger partial charge in [-0.3, -0.25) is 4.72 Å². The number of aromatic carboxylic acids is 1. The van der Waals surface area contributed by atoms with E-state index in [2.05, 4.69) is 4.72 Å². The molecule has 0 aliphatic carbocycles. The van der Waals surface area contributed by atoms with Crippen LogP contribution < -0.4 is 9.62 Å². The lowest BCUT2D eigenvalue weighted by molar-refractivity contribution is 0.0696. The van der Waals surface area contributed by atoms with Gasteiger partial charge in [-0.25, -0.2) is 13.2 Å². The first-order chi connectivity index (χ1) is 12.8. The van der Waals surface area contributed by atoms with E-state index >= 15 is 0 Å². The number of carboxylic acids is 1. The molecule has 0 spiro atoms. The summed E-state index contributed by atoms with van der Waals surface area (Å²) in [5.41, 5.74) is 2.68. The van der Waals surface area contributed by atoms with Crippen LogP contribution in [0.5, 0.6) is 0 Å². The van der Waals surface area contributed by atoms with Gasteiger partial charge in [0.05, 0.1) is 29.4 Å². The molecule has 2 aromatic carbocycles. The maximum atomic E-state index is 12.6. The molecule has 8 heteroatoms. The molecule has 144 valence electrons. The highest BCUT2D eigenvalue weighted by molar-refractivity contribution is 7.92. The number of benzene rings is 2. The summed E-state index contributed by atoms with van der Waals surface area (Å²) in [6, 6.07) is 9.44. The predicted molar refractivity (Wildman–Crippen MR) is 103 cm³/mol. The largest absolute Gasteiger partial charge is 0.478 e. The van der Waals surface area contributed by atoms with Gasteiger partial charge in [0.1, 0.15) is 0 Å². The van der Waals surface area contributed by atoms with Gasteiger partial charge in [0, 0.05) is 18.8 Å². The molecule has 3 rings (SSSR count). The number of anilines is 2. The summed E-state index contributed by atoms with van der Waals surface area (Å²) in [6.07, 6.45) is 0. The number of nitrogens with zero attached hydrogens (tertiary/aromatic N) is 1. The molecule has 0 saturated carbocycles. The Morgan fingerprint density at radius 1 is 1.07 bits per heavy atom. The Labute approximate surface area is 158 Å². The van der Waals surface area contributed by atoms with Crippen LogP contribution in [-0.4, -0.2) is 45.8 Å². The Hall–Kier alpha value is -2.58. The van der Waals surface area contributed by atoms with Crippen LogP contribution in [0.4, 0.5) is 11.4 Å². The number of sulfonamides is 1. The van der Waals surface area contributed by atoms with E-state index in [1.54, 1.807) is 24.3 Å². The molecule has 0 aromatic heterocycles. The molecular weight excluding hydrogens is 368 g/mol. The fourth-order valence-corrected chi connectivity index (χ4v) is 4.08. The third-order valence-corrected chi connectivity index (χ3v) is 6.00. The summed E-state index contributed by atoms with van der Waals surface area (Å²) < 4.78 is 33.1. The molecule has 0 amide bonds. The molecule has 0 radical (unpaired) electrons. The number of morpholine rings is 1. The topological polar surface area (TPSA) is 95.9 Å². The van der Waals surface area contributed by atoms with Crippen molar-refractivity contribution in [2.75, 3.05) is 35.9 Å². The average Bonchev–Trinajstić information content (AvgIpc) is 2.64. The van der Waals surface area contributed by atoms with E-state index in [9.17, 15) is 18.3 Å². The van der Waals surface area contributed by atoms with Crippen molar-refractivity contribution < 1.29 is 23.1 Å². The lowest BCUT2D eigenvalue weighted by Crippen LogP contribution is -2.37. The fourth-order valence-electron chi connectivity index (χ4n) is 2.95. The van der Waals surface area contributed by atoms with Crippen LogP contribution in [-0.2, 0) is 14.8 Å². The molecule has 27 heavy (non-hydrogen) atoms. The second-order valence-electron chi connectivity index (χ2n) is 6.49. The summed E-state index contributed by atoms with van der Waals surface area (Å²) in [6.45, 7) is 5.99. The minimum absolute atomic E-state index is 0.0530. The van der Waals surface area contributed by atoms with Crippen molar-refractivity contribution in [1.29, 1.82) is 0 Å². The molecule has 1 fully saturated rings. The molecule has 2 N–H and O–H groups in total. The standard InChI is InChI=1S/C19H22N2O5S/c1-13-3-5-16(11-14(13)2)27(24,25)20-15-4-6-18(17(12-15)19(22)23)21-7-9-26-10-8-21/h3-6,11-12,20H,7-10H2,1-2H3,(H,22,23). The van der Waals surface area contributed by atoms with Crippen LogP contribution in [0.1, 0.15) is 21.5 Å². The number of ether oxygens (including phenoxy) is 1. The zero-order valence-corrected chi connectivity index (χ0v) is 16.0. The van der Waals surface area contributed by atoms with E-state index in [0.29, 0.717) is 32.0 Å².